The molecular formula is C66H44N6. The average Bonchev–Trinajstić information content (AvgIpc) is 3.48. The normalized spacial score (nSPS) is 11.1. The highest BCUT2D eigenvalue weighted by molar-refractivity contribution is 5.85. The van der Waals surface area contributed by atoms with E-state index in [4.69, 9.17) is 29.9 Å². The van der Waals surface area contributed by atoms with Gasteiger partial charge >= 0.3 is 0 Å². The van der Waals surface area contributed by atoms with Gasteiger partial charge in [-0.05, 0) is 92.0 Å². The highest BCUT2D eigenvalue weighted by Crippen LogP contribution is 2.38. The fourth-order valence-electron chi connectivity index (χ4n) is 9.14. The molecule has 0 fully saturated rings. The van der Waals surface area contributed by atoms with Gasteiger partial charge in [-0.3, -0.25) is 0 Å². The standard InChI is InChI=1S/C66H44N6/c1-6-21-45(22-7-1)56-42-57(44-58(43-56)65-70-63(49-29-14-5-15-30-49)71-66(72-65)60-38-17-16-37-59(60)46-23-8-2-9-24-46)54-35-19-33-52(40-54)50-31-18-32-51(39-50)53-34-20-36-55(41-53)64-68-61(47-25-10-3-11-26-47)67-62(69-64)48-27-12-4-13-28-48/h1-44H. The Bertz CT molecular complexity index is 3790. The fourth-order valence-corrected chi connectivity index (χ4v) is 9.14. The quantitative estimate of drug-likeness (QED) is 0.129. The van der Waals surface area contributed by atoms with E-state index in [0.717, 1.165) is 89.0 Å². The Hall–Kier alpha value is -9.78. The lowest BCUT2D eigenvalue weighted by molar-refractivity contribution is 1.07. The summed E-state index contributed by atoms with van der Waals surface area (Å²) in [5, 5.41) is 0. The molecule has 0 saturated heterocycles. The first-order valence-electron chi connectivity index (χ1n) is 24.0. The van der Waals surface area contributed by atoms with Crippen LogP contribution >= 0.6 is 0 Å². The van der Waals surface area contributed by atoms with E-state index in [-0.39, 0.29) is 0 Å². The summed E-state index contributed by atoms with van der Waals surface area (Å²) in [5.74, 6) is 3.70. The van der Waals surface area contributed by atoms with Crippen molar-refractivity contribution in [2.24, 2.45) is 0 Å². The van der Waals surface area contributed by atoms with E-state index in [2.05, 4.69) is 158 Å². The van der Waals surface area contributed by atoms with E-state index in [1.165, 1.54) is 0 Å². The molecule has 0 aliphatic heterocycles. The van der Waals surface area contributed by atoms with E-state index >= 15 is 0 Å². The molecule has 0 N–H and O–H groups in total. The molecule has 0 aliphatic carbocycles. The summed E-state index contributed by atoms with van der Waals surface area (Å²) in [6.07, 6.45) is 0. The van der Waals surface area contributed by atoms with E-state index in [1.807, 2.05) is 109 Å². The molecule has 0 saturated carbocycles. The van der Waals surface area contributed by atoms with Crippen LogP contribution < -0.4 is 0 Å². The van der Waals surface area contributed by atoms with Gasteiger partial charge < -0.3 is 0 Å². The number of nitrogens with zero attached hydrogens (tertiary/aromatic N) is 6. The third-order valence-corrected chi connectivity index (χ3v) is 12.8. The Morgan fingerprint density at radius 3 is 0.833 bits per heavy atom. The van der Waals surface area contributed by atoms with Gasteiger partial charge in [0.2, 0.25) is 0 Å². The average molecular weight is 921 g/mol. The highest BCUT2D eigenvalue weighted by Gasteiger charge is 2.18. The smallest absolute Gasteiger partial charge is 0.164 e. The van der Waals surface area contributed by atoms with Crippen LogP contribution in [0, 0.1) is 0 Å². The predicted molar refractivity (Wildman–Crippen MR) is 293 cm³/mol. The first kappa shape index (κ1) is 43.5. The second kappa shape index (κ2) is 19.7. The molecule has 72 heavy (non-hydrogen) atoms. The van der Waals surface area contributed by atoms with Crippen molar-refractivity contribution in [3.05, 3.63) is 267 Å². The Labute approximate surface area is 418 Å². The molecule has 0 radical (unpaired) electrons. The highest BCUT2D eigenvalue weighted by atomic mass is 15.0. The van der Waals surface area contributed by atoms with Gasteiger partial charge in [0.15, 0.2) is 34.9 Å². The molecule has 12 rings (SSSR count). The van der Waals surface area contributed by atoms with Gasteiger partial charge in [-0.2, -0.15) is 0 Å². The Morgan fingerprint density at radius 2 is 0.389 bits per heavy atom. The zero-order chi connectivity index (χ0) is 48.1. The number of hydrogen-bond acceptors (Lipinski definition) is 6. The second-order valence-electron chi connectivity index (χ2n) is 17.5. The molecule has 2 heterocycles. The molecule has 12 aromatic rings. The Morgan fingerprint density at radius 1 is 0.139 bits per heavy atom. The summed E-state index contributed by atoms with van der Waals surface area (Å²) in [5.41, 5.74) is 16.3. The van der Waals surface area contributed by atoms with Crippen LogP contribution in [0.25, 0.3) is 124 Å². The van der Waals surface area contributed by atoms with Crippen molar-refractivity contribution in [3.8, 4) is 124 Å². The molecule has 0 amide bonds. The summed E-state index contributed by atoms with van der Waals surface area (Å²) in [4.78, 5) is 30.5. The van der Waals surface area contributed by atoms with Crippen molar-refractivity contribution in [3.63, 3.8) is 0 Å². The monoisotopic (exact) mass is 920 g/mol. The molecule has 0 atom stereocenters. The lowest BCUT2D eigenvalue weighted by Crippen LogP contribution is -2.01. The van der Waals surface area contributed by atoms with Crippen molar-refractivity contribution in [1.82, 2.24) is 29.9 Å². The first-order valence-corrected chi connectivity index (χ1v) is 24.0. The predicted octanol–water partition coefficient (Wildman–Crippen LogP) is 16.4. The zero-order valence-corrected chi connectivity index (χ0v) is 39.1. The van der Waals surface area contributed by atoms with Gasteiger partial charge in [-0.15, -0.1) is 0 Å². The minimum atomic E-state index is 0.594. The minimum Gasteiger partial charge on any atom is -0.208 e. The van der Waals surface area contributed by atoms with Crippen LogP contribution in [-0.2, 0) is 0 Å². The summed E-state index contributed by atoms with van der Waals surface area (Å²) >= 11 is 0. The maximum atomic E-state index is 5.29. The number of aromatic nitrogens is 6. The van der Waals surface area contributed by atoms with Crippen molar-refractivity contribution in [1.29, 1.82) is 0 Å². The van der Waals surface area contributed by atoms with Crippen LogP contribution in [0.3, 0.4) is 0 Å². The maximum Gasteiger partial charge on any atom is 0.164 e. The molecular weight excluding hydrogens is 877 g/mol. The fraction of sp³-hybridized carbons (Fsp3) is 0. The summed E-state index contributed by atoms with van der Waals surface area (Å²) < 4.78 is 0. The second-order valence-corrected chi connectivity index (χ2v) is 17.5. The summed E-state index contributed by atoms with van der Waals surface area (Å²) in [7, 11) is 0. The van der Waals surface area contributed by atoms with Crippen molar-refractivity contribution >= 4 is 0 Å². The van der Waals surface area contributed by atoms with Gasteiger partial charge in [0.25, 0.3) is 0 Å². The van der Waals surface area contributed by atoms with E-state index < -0.39 is 0 Å². The number of benzene rings is 10. The van der Waals surface area contributed by atoms with Crippen molar-refractivity contribution < 1.29 is 0 Å². The van der Waals surface area contributed by atoms with E-state index in [0.29, 0.717) is 34.9 Å². The van der Waals surface area contributed by atoms with Crippen LogP contribution in [0.4, 0.5) is 0 Å². The molecule has 6 nitrogen and oxygen atoms in total. The van der Waals surface area contributed by atoms with Gasteiger partial charge in [0.1, 0.15) is 0 Å². The van der Waals surface area contributed by atoms with Gasteiger partial charge in [0, 0.05) is 33.4 Å². The molecule has 0 bridgehead atoms. The lowest BCUT2D eigenvalue weighted by Gasteiger charge is -2.14. The van der Waals surface area contributed by atoms with Gasteiger partial charge in [-0.1, -0.05) is 231 Å². The first-order chi connectivity index (χ1) is 35.6. The molecule has 0 unspecified atom stereocenters. The van der Waals surface area contributed by atoms with E-state index in [9.17, 15) is 0 Å². The Balaban J connectivity index is 0.933. The van der Waals surface area contributed by atoms with Crippen LogP contribution in [0.15, 0.2) is 267 Å². The molecule has 2 aromatic heterocycles. The molecule has 0 spiro atoms. The van der Waals surface area contributed by atoms with Crippen LogP contribution in [-0.4, -0.2) is 29.9 Å². The number of hydrogen-bond donors (Lipinski definition) is 0. The zero-order valence-electron chi connectivity index (χ0n) is 39.1. The number of rotatable bonds is 11. The van der Waals surface area contributed by atoms with Crippen LogP contribution in [0.1, 0.15) is 0 Å². The molecule has 6 heteroatoms. The van der Waals surface area contributed by atoms with Crippen molar-refractivity contribution in [2.75, 3.05) is 0 Å². The van der Waals surface area contributed by atoms with Gasteiger partial charge in [0.05, 0.1) is 0 Å². The summed E-state index contributed by atoms with van der Waals surface area (Å²) in [6, 6.07) is 92.1. The largest absolute Gasteiger partial charge is 0.208 e. The molecule has 0 aliphatic rings. The minimum absolute atomic E-state index is 0.594. The van der Waals surface area contributed by atoms with Crippen molar-refractivity contribution in [2.45, 2.75) is 0 Å². The Kier molecular flexibility index (Phi) is 11.9. The summed E-state index contributed by atoms with van der Waals surface area (Å²) in [6.45, 7) is 0. The SMILES string of the molecule is c1ccc(-c2cc(-c3cccc(-c4cccc(-c5cccc(-c6nc(-c7ccccc7)nc(-c7ccccc7)n6)c5)c4)c3)cc(-c3nc(-c4ccccc4)nc(-c4ccccc4-c4ccccc4)n3)c2)cc1. The van der Waals surface area contributed by atoms with Crippen LogP contribution in [0.2, 0.25) is 0 Å². The third-order valence-electron chi connectivity index (χ3n) is 12.8. The van der Waals surface area contributed by atoms with Crippen LogP contribution in [0.5, 0.6) is 0 Å². The maximum absolute atomic E-state index is 5.29. The topological polar surface area (TPSA) is 77.3 Å². The van der Waals surface area contributed by atoms with E-state index in [1.54, 1.807) is 0 Å². The lowest BCUT2D eigenvalue weighted by atomic mass is 9.93. The van der Waals surface area contributed by atoms with Gasteiger partial charge in [-0.25, -0.2) is 29.9 Å². The molecule has 338 valence electrons. The third kappa shape index (κ3) is 9.24. The molecule has 10 aromatic carbocycles.